The maximum Gasteiger partial charge on any atom is 0.224 e. The van der Waals surface area contributed by atoms with Crippen molar-refractivity contribution >= 4 is 11.8 Å². The lowest BCUT2D eigenvalue weighted by Crippen LogP contribution is -2.44. The average molecular weight is 368 g/mol. The Morgan fingerprint density at radius 3 is 2.08 bits per heavy atom. The highest BCUT2D eigenvalue weighted by atomic mass is 16.2. The molecule has 0 spiro atoms. The van der Waals surface area contributed by atoms with E-state index in [1.165, 1.54) is 6.42 Å². The molecule has 0 unspecified atom stereocenters. The van der Waals surface area contributed by atoms with Gasteiger partial charge in [0.05, 0.1) is 0 Å². The van der Waals surface area contributed by atoms with Crippen LogP contribution in [0.1, 0.15) is 73.1 Å². The number of amides is 2. The van der Waals surface area contributed by atoms with Crippen molar-refractivity contribution in [1.29, 1.82) is 0 Å². The van der Waals surface area contributed by atoms with Crippen LogP contribution in [0.25, 0.3) is 0 Å². The van der Waals surface area contributed by atoms with Crippen LogP contribution in [0, 0.1) is 11.8 Å². The van der Waals surface area contributed by atoms with Gasteiger partial charge in [0, 0.05) is 38.0 Å². The molecule has 0 aromatic rings. The lowest BCUT2D eigenvalue weighted by molar-refractivity contribution is -0.132. The number of hydrogen-bond donors (Lipinski definition) is 1. The summed E-state index contributed by atoms with van der Waals surface area (Å²) in [6.45, 7) is 14.9. The highest BCUT2D eigenvalue weighted by molar-refractivity contribution is 5.80. The van der Waals surface area contributed by atoms with Crippen molar-refractivity contribution in [1.82, 2.24) is 15.1 Å². The van der Waals surface area contributed by atoms with Crippen molar-refractivity contribution in [2.45, 2.75) is 79.2 Å². The Kier molecular flexibility index (Phi) is 10.9. The van der Waals surface area contributed by atoms with Crippen molar-refractivity contribution in [3.63, 3.8) is 0 Å². The molecule has 2 fully saturated rings. The van der Waals surface area contributed by atoms with Gasteiger partial charge in [-0.25, -0.2) is 0 Å². The van der Waals surface area contributed by atoms with Gasteiger partial charge in [-0.3, -0.25) is 9.59 Å². The zero-order chi connectivity index (χ0) is 19.5. The molecule has 2 amide bonds. The van der Waals surface area contributed by atoms with E-state index in [2.05, 4.69) is 31.0 Å². The molecule has 0 atom stereocenters. The molecule has 2 aliphatic rings. The van der Waals surface area contributed by atoms with Crippen LogP contribution in [0.5, 0.6) is 0 Å². The van der Waals surface area contributed by atoms with Gasteiger partial charge < -0.3 is 15.1 Å². The van der Waals surface area contributed by atoms with Crippen molar-refractivity contribution in [3.05, 3.63) is 0 Å². The molecule has 0 bridgehead atoms. The molecule has 2 heterocycles. The van der Waals surface area contributed by atoms with Gasteiger partial charge in [0.2, 0.25) is 11.8 Å². The van der Waals surface area contributed by atoms with Gasteiger partial charge in [0.25, 0.3) is 0 Å². The minimum Gasteiger partial charge on any atom is -0.355 e. The summed E-state index contributed by atoms with van der Waals surface area (Å²) in [6.07, 6.45) is 5.78. The third-order valence-corrected chi connectivity index (χ3v) is 5.81. The Bertz CT molecular complexity index is 409. The Morgan fingerprint density at radius 2 is 1.58 bits per heavy atom. The first kappa shape index (κ1) is 22.9. The number of rotatable bonds is 6. The molecule has 0 aromatic carbocycles. The molecule has 0 radical (unpaired) electrons. The standard InChI is InChI=1S/C19H35N3O2.C2H6/c1-4-16-6-11-22(12-7-16)18(23)5-10-20-19(24)17-8-13-21(14-9-17)15(2)3;1-2/h15-17H,4-14H2,1-3H3,(H,20,24);1-2H3. The molecular weight excluding hydrogens is 326 g/mol. The van der Waals surface area contributed by atoms with Gasteiger partial charge >= 0.3 is 0 Å². The number of nitrogens with one attached hydrogen (secondary N) is 1. The van der Waals surface area contributed by atoms with Crippen LogP contribution >= 0.6 is 0 Å². The van der Waals surface area contributed by atoms with Crippen molar-refractivity contribution in [3.8, 4) is 0 Å². The first-order valence-electron chi connectivity index (χ1n) is 10.8. The first-order valence-corrected chi connectivity index (χ1v) is 10.8. The van der Waals surface area contributed by atoms with E-state index in [0.29, 0.717) is 19.0 Å². The normalized spacial score (nSPS) is 19.8. The van der Waals surface area contributed by atoms with E-state index in [0.717, 1.165) is 57.8 Å². The fraction of sp³-hybridized carbons (Fsp3) is 0.905. The molecule has 152 valence electrons. The van der Waals surface area contributed by atoms with E-state index in [1.807, 2.05) is 18.7 Å². The van der Waals surface area contributed by atoms with Crippen LogP contribution < -0.4 is 5.32 Å². The Labute approximate surface area is 160 Å². The SMILES string of the molecule is CC.CCC1CCN(C(=O)CCNC(=O)C2CCN(C(C)C)CC2)CC1. The van der Waals surface area contributed by atoms with Crippen LogP contribution in [-0.2, 0) is 9.59 Å². The van der Waals surface area contributed by atoms with Gasteiger partial charge in [-0.15, -0.1) is 0 Å². The molecule has 0 aromatic heterocycles. The van der Waals surface area contributed by atoms with E-state index >= 15 is 0 Å². The summed E-state index contributed by atoms with van der Waals surface area (Å²) in [5.74, 6) is 1.23. The van der Waals surface area contributed by atoms with Gasteiger partial charge in [-0.2, -0.15) is 0 Å². The monoisotopic (exact) mass is 367 g/mol. The Hall–Kier alpha value is -1.10. The molecule has 2 rings (SSSR count). The predicted octanol–water partition coefficient (Wildman–Crippen LogP) is 3.29. The van der Waals surface area contributed by atoms with Crippen LogP contribution in [0.4, 0.5) is 0 Å². The largest absolute Gasteiger partial charge is 0.355 e. The van der Waals surface area contributed by atoms with E-state index in [-0.39, 0.29) is 17.7 Å². The second-order valence-electron chi connectivity index (χ2n) is 7.68. The summed E-state index contributed by atoms with van der Waals surface area (Å²) in [5.41, 5.74) is 0. The summed E-state index contributed by atoms with van der Waals surface area (Å²) < 4.78 is 0. The van der Waals surface area contributed by atoms with Crippen molar-refractivity contribution in [2.75, 3.05) is 32.7 Å². The smallest absolute Gasteiger partial charge is 0.224 e. The number of carbonyl (C=O) groups excluding carboxylic acids is 2. The number of hydrogen-bond acceptors (Lipinski definition) is 3. The van der Waals surface area contributed by atoms with Gasteiger partial charge in [0.15, 0.2) is 0 Å². The quantitative estimate of drug-likeness (QED) is 0.784. The number of likely N-dealkylation sites (tertiary alicyclic amines) is 2. The summed E-state index contributed by atoms with van der Waals surface area (Å²) in [6, 6.07) is 0.559. The lowest BCUT2D eigenvalue weighted by Gasteiger charge is -2.34. The molecular formula is C21H41N3O2. The molecule has 0 aliphatic carbocycles. The van der Waals surface area contributed by atoms with E-state index in [9.17, 15) is 9.59 Å². The summed E-state index contributed by atoms with van der Waals surface area (Å²) in [4.78, 5) is 28.9. The maximum absolute atomic E-state index is 12.3. The zero-order valence-electron chi connectivity index (χ0n) is 17.7. The van der Waals surface area contributed by atoms with Gasteiger partial charge in [-0.1, -0.05) is 27.2 Å². The number of carbonyl (C=O) groups is 2. The molecule has 2 saturated heterocycles. The first-order chi connectivity index (χ1) is 12.5. The van der Waals surface area contributed by atoms with Crippen molar-refractivity contribution < 1.29 is 9.59 Å². The number of piperidine rings is 2. The third-order valence-electron chi connectivity index (χ3n) is 5.81. The highest BCUT2D eigenvalue weighted by Gasteiger charge is 2.26. The van der Waals surface area contributed by atoms with Gasteiger partial charge in [-0.05, 0) is 58.5 Å². The molecule has 0 saturated carbocycles. The topological polar surface area (TPSA) is 52.7 Å². The van der Waals surface area contributed by atoms with E-state index in [1.54, 1.807) is 0 Å². The molecule has 5 heteroatoms. The molecule has 2 aliphatic heterocycles. The minimum atomic E-state index is 0.121. The van der Waals surface area contributed by atoms with E-state index in [4.69, 9.17) is 0 Å². The molecule has 5 nitrogen and oxygen atoms in total. The summed E-state index contributed by atoms with van der Waals surface area (Å²) >= 11 is 0. The predicted molar refractivity (Wildman–Crippen MR) is 108 cm³/mol. The van der Waals surface area contributed by atoms with Crippen LogP contribution in [-0.4, -0.2) is 60.4 Å². The van der Waals surface area contributed by atoms with Gasteiger partial charge in [0.1, 0.15) is 0 Å². The fourth-order valence-electron chi connectivity index (χ4n) is 3.86. The third kappa shape index (κ3) is 7.26. The fourth-order valence-corrected chi connectivity index (χ4v) is 3.86. The van der Waals surface area contributed by atoms with Crippen LogP contribution in [0.15, 0.2) is 0 Å². The van der Waals surface area contributed by atoms with Crippen LogP contribution in [0.2, 0.25) is 0 Å². The van der Waals surface area contributed by atoms with Crippen LogP contribution in [0.3, 0.4) is 0 Å². The van der Waals surface area contributed by atoms with E-state index < -0.39 is 0 Å². The second-order valence-corrected chi connectivity index (χ2v) is 7.68. The summed E-state index contributed by atoms with van der Waals surface area (Å²) in [7, 11) is 0. The Morgan fingerprint density at radius 1 is 1.00 bits per heavy atom. The Balaban J connectivity index is 0.00000163. The molecule has 26 heavy (non-hydrogen) atoms. The number of nitrogens with zero attached hydrogens (tertiary/aromatic N) is 2. The minimum absolute atomic E-state index is 0.121. The van der Waals surface area contributed by atoms with Crippen molar-refractivity contribution in [2.24, 2.45) is 11.8 Å². The average Bonchev–Trinajstić information content (AvgIpc) is 2.69. The highest BCUT2D eigenvalue weighted by Crippen LogP contribution is 2.21. The second kappa shape index (κ2) is 12.3. The summed E-state index contributed by atoms with van der Waals surface area (Å²) in [5, 5.41) is 2.98. The lowest BCUT2D eigenvalue weighted by atomic mass is 9.94. The zero-order valence-corrected chi connectivity index (χ0v) is 17.7. The molecule has 1 N–H and O–H groups in total. The maximum atomic E-state index is 12.3.